The Kier molecular flexibility index (Phi) is 2.53. The maximum Gasteiger partial charge on any atom is 0.0482 e. The molecule has 1 aromatic carbocycles. The molecule has 1 unspecified atom stereocenters. The average Bonchev–Trinajstić information content (AvgIpc) is 2.52. The predicted molar refractivity (Wildman–Crippen MR) is 65.1 cm³/mol. The van der Waals surface area contributed by atoms with Crippen LogP contribution >= 0.6 is 0 Å². The molecule has 80 valence electrons. The molecule has 2 N–H and O–H groups in total. The van der Waals surface area contributed by atoms with Crippen molar-refractivity contribution in [2.75, 3.05) is 6.54 Å². The van der Waals surface area contributed by atoms with Crippen molar-refractivity contribution in [3.05, 3.63) is 35.5 Å². The number of hydrogen-bond acceptors (Lipinski definition) is 1. The first-order valence-corrected chi connectivity index (χ1v) is 5.40. The van der Waals surface area contributed by atoms with Gasteiger partial charge in [-0.05, 0) is 31.0 Å². The van der Waals surface area contributed by atoms with E-state index in [-0.39, 0.29) is 0 Å². The molecule has 1 aromatic heterocycles. The second-order valence-corrected chi connectivity index (χ2v) is 4.21. The zero-order valence-corrected chi connectivity index (χ0v) is 9.62. The van der Waals surface area contributed by atoms with Gasteiger partial charge in [0.15, 0.2) is 0 Å². The molecule has 1 heterocycles. The lowest BCUT2D eigenvalue weighted by atomic mass is 9.98. The summed E-state index contributed by atoms with van der Waals surface area (Å²) in [7, 11) is 2.12. The van der Waals surface area contributed by atoms with Crippen molar-refractivity contribution in [2.45, 2.75) is 19.8 Å². The van der Waals surface area contributed by atoms with Gasteiger partial charge in [0, 0.05) is 23.6 Å². The number of rotatable bonds is 2. The zero-order valence-electron chi connectivity index (χ0n) is 9.62. The SMILES string of the molecule is Cc1c(C(C)CN)c2ccccc2n1C. The van der Waals surface area contributed by atoms with Crippen LogP contribution in [0.2, 0.25) is 0 Å². The first-order chi connectivity index (χ1) is 7.16. The summed E-state index contributed by atoms with van der Waals surface area (Å²) in [6, 6.07) is 8.52. The number of para-hydroxylation sites is 1. The fourth-order valence-corrected chi connectivity index (χ4v) is 2.29. The van der Waals surface area contributed by atoms with E-state index in [4.69, 9.17) is 5.73 Å². The minimum atomic E-state index is 0.427. The van der Waals surface area contributed by atoms with Gasteiger partial charge >= 0.3 is 0 Å². The third-order valence-electron chi connectivity index (χ3n) is 3.29. The van der Waals surface area contributed by atoms with E-state index in [2.05, 4.69) is 49.7 Å². The van der Waals surface area contributed by atoms with E-state index in [9.17, 15) is 0 Å². The van der Waals surface area contributed by atoms with Crippen LogP contribution in [-0.4, -0.2) is 11.1 Å². The van der Waals surface area contributed by atoms with Crippen LogP contribution < -0.4 is 5.73 Å². The normalized spacial score (nSPS) is 13.3. The first-order valence-electron chi connectivity index (χ1n) is 5.40. The molecule has 0 aliphatic carbocycles. The largest absolute Gasteiger partial charge is 0.348 e. The Bertz CT molecular complexity index is 482. The van der Waals surface area contributed by atoms with Gasteiger partial charge in [-0.3, -0.25) is 0 Å². The molecule has 2 nitrogen and oxygen atoms in total. The molecule has 2 rings (SSSR count). The molecule has 0 aliphatic heterocycles. The van der Waals surface area contributed by atoms with Gasteiger partial charge in [0.2, 0.25) is 0 Å². The van der Waals surface area contributed by atoms with Crippen LogP contribution in [0.1, 0.15) is 24.1 Å². The van der Waals surface area contributed by atoms with Crippen LogP contribution in [-0.2, 0) is 7.05 Å². The highest BCUT2D eigenvalue weighted by molar-refractivity contribution is 5.86. The van der Waals surface area contributed by atoms with Crippen molar-refractivity contribution in [3.8, 4) is 0 Å². The molecule has 0 radical (unpaired) electrons. The summed E-state index contributed by atoms with van der Waals surface area (Å²) < 4.78 is 2.25. The Balaban J connectivity index is 2.77. The fraction of sp³-hybridized carbons (Fsp3) is 0.385. The molecule has 0 saturated heterocycles. The molecule has 2 aromatic rings. The summed E-state index contributed by atoms with van der Waals surface area (Å²) in [5.41, 5.74) is 9.79. The summed E-state index contributed by atoms with van der Waals surface area (Å²) in [6.45, 7) is 5.06. The van der Waals surface area contributed by atoms with E-state index in [1.165, 1.54) is 22.2 Å². The Morgan fingerprint density at radius 1 is 1.33 bits per heavy atom. The van der Waals surface area contributed by atoms with Gasteiger partial charge in [-0.15, -0.1) is 0 Å². The first kappa shape index (κ1) is 10.2. The van der Waals surface area contributed by atoms with Crippen LogP contribution in [0.4, 0.5) is 0 Å². The molecule has 2 heteroatoms. The van der Waals surface area contributed by atoms with Gasteiger partial charge in [0.1, 0.15) is 0 Å². The summed E-state index contributed by atoms with van der Waals surface area (Å²) in [5.74, 6) is 0.427. The van der Waals surface area contributed by atoms with E-state index < -0.39 is 0 Å². The van der Waals surface area contributed by atoms with Crippen LogP contribution in [0.5, 0.6) is 0 Å². The highest BCUT2D eigenvalue weighted by Gasteiger charge is 2.15. The maximum absolute atomic E-state index is 5.76. The number of benzene rings is 1. The average molecular weight is 202 g/mol. The number of fused-ring (bicyclic) bond motifs is 1. The van der Waals surface area contributed by atoms with Gasteiger partial charge in [-0.1, -0.05) is 25.1 Å². The van der Waals surface area contributed by atoms with Gasteiger partial charge in [-0.25, -0.2) is 0 Å². The Morgan fingerprint density at radius 2 is 2.00 bits per heavy atom. The van der Waals surface area contributed by atoms with Crippen molar-refractivity contribution in [1.82, 2.24) is 4.57 Å². The predicted octanol–water partition coefficient (Wildman–Crippen LogP) is 2.55. The lowest BCUT2D eigenvalue weighted by Crippen LogP contribution is -2.09. The van der Waals surface area contributed by atoms with Crippen molar-refractivity contribution in [2.24, 2.45) is 12.8 Å². The molecule has 0 fully saturated rings. The number of aromatic nitrogens is 1. The lowest BCUT2D eigenvalue weighted by Gasteiger charge is -2.09. The second-order valence-electron chi connectivity index (χ2n) is 4.21. The highest BCUT2D eigenvalue weighted by atomic mass is 14.9. The Labute approximate surface area is 90.7 Å². The minimum Gasteiger partial charge on any atom is -0.348 e. The van der Waals surface area contributed by atoms with E-state index in [1.54, 1.807) is 0 Å². The third kappa shape index (κ3) is 1.45. The highest BCUT2D eigenvalue weighted by Crippen LogP contribution is 2.30. The van der Waals surface area contributed by atoms with E-state index in [0.29, 0.717) is 12.5 Å². The summed E-state index contributed by atoms with van der Waals surface area (Å²) in [5, 5.41) is 1.34. The number of nitrogens with two attached hydrogens (primary N) is 1. The van der Waals surface area contributed by atoms with Crippen LogP contribution in [0.25, 0.3) is 10.9 Å². The molecule has 0 amide bonds. The quantitative estimate of drug-likeness (QED) is 0.797. The van der Waals surface area contributed by atoms with Crippen LogP contribution in [0.15, 0.2) is 24.3 Å². The summed E-state index contributed by atoms with van der Waals surface area (Å²) in [4.78, 5) is 0. The monoisotopic (exact) mass is 202 g/mol. The van der Waals surface area contributed by atoms with Crippen LogP contribution in [0.3, 0.4) is 0 Å². The van der Waals surface area contributed by atoms with Gasteiger partial charge in [0.05, 0.1) is 0 Å². The van der Waals surface area contributed by atoms with Gasteiger partial charge in [0.25, 0.3) is 0 Å². The maximum atomic E-state index is 5.76. The van der Waals surface area contributed by atoms with Gasteiger partial charge in [-0.2, -0.15) is 0 Å². The molecule has 1 atom stereocenters. The zero-order chi connectivity index (χ0) is 11.0. The Hall–Kier alpha value is -1.28. The molecule has 0 bridgehead atoms. The second kappa shape index (κ2) is 3.70. The lowest BCUT2D eigenvalue weighted by molar-refractivity contribution is 0.761. The van der Waals surface area contributed by atoms with E-state index in [1.807, 2.05) is 0 Å². The summed E-state index contributed by atoms with van der Waals surface area (Å²) >= 11 is 0. The molecular weight excluding hydrogens is 184 g/mol. The minimum absolute atomic E-state index is 0.427. The van der Waals surface area contributed by atoms with Crippen molar-refractivity contribution < 1.29 is 0 Å². The Morgan fingerprint density at radius 3 is 2.67 bits per heavy atom. The number of aryl methyl sites for hydroxylation is 1. The van der Waals surface area contributed by atoms with E-state index >= 15 is 0 Å². The van der Waals surface area contributed by atoms with Crippen molar-refractivity contribution >= 4 is 10.9 Å². The molecule has 0 aliphatic rings. The third-order valence-corrected chi connectivity index (χ3v) is 3.29. The van der Waals surface area contributed by atoms with Crippen LogP contribution in [0, 0.1) is 6.92 Å². The molecule has 15 heavy (non-hydrogen) atoms. The number of hydrogen-bond donors (Lipinski definition) is 1. The van der Waals surface area contributed by atoms with Crippen molar-refractivity contribution in [3.63, 3.8) is 0 Å². The number of nitrogens with zero attached hydrogens (tertiary/aromatic N) is 1. The summed E-state index contributed by atoms with van der Waals surface area (Å²) in [6.07, 6.45) is 0. The van der Waals surface area contributed by atoms with E-state index in [0.717, 1.165) is 0 Å². The molecular formula is C13H18N2. The molecule has 0 spiro atoms. The molecule has 0 saturated carbocycles. The fourth-order valence-electron chi connectivity index (χ4n) is 2.29. The standard InChI is InChI=1S/C13H18N2/c1-9(8-14)13-10(2)15(3)12-7-5-4-6-11(12)13/h4-7,9H,8,14H2,1-3H3. The van der Waals surface area contributed by atoms with Gasteiger partial charge < -0.3 is 10.3 Å². The topological polar surface area (TPSA) is 30.9 Å². The van der Waals surface area contributed by atoms with Crippen molar-refractivity contribution in [1.29, 1.82) is 0 Å². The smallest absolute Gasteiger partial charge is 0.0482 e.